The molecule has 5 nitrogen and oxygen atoms in total. The van der Waals surface area contributed by atoms with Gasteiger partial charge in [0.2, 0.25) is 0 Å². The molecule has 0 spiro atoms. The largest absolute Gasteiger partial charge is 0.461 e. The maximum absolute atomic E-state index is 11.7. The number of H-pyrrole nitrogens is 1. The molecule has 0 saturated carbocycles. The quantitative estimate of drug-likeness (QED) is 0.850. The van der Waals surface area contributed by atoms with Crippen LogP contribution in [0.25, 0.3) is 11.3 Å². The minimum atomic E-state index is -0.445. The second-order valence-corrected chi connectivity index (χ2v) is 5.03. The van der Waals surface area contributed by atoms with Crippen LogP contribution in [0.15, 0.2) is 6.07 Å². The molecular formula is C11H13N3O2S. The predicted molar refractivity (Wildman–Crippen MR) is 65.1 cm³/mol. The molecule has 0 unspecified atom stereocenters. The summed E-state index contributed by atoms with van der Waals surface area (Å²) in [6.07, 6.45) is 0. The summed E-state index contributed by atoms with van der Waals surface area (Å²) in [6, 6.07) is 2.00. The highest BCUT2D eigenvalue weighted by Gasteiger charge is 2.21. The third kappa shape index (κ3) is 2.21. The Labute approximate surface area is 103 Å². The van der Waals surface area contributed by atoms with E-state index in [1.807, 2.05) is 19.9 Å². The molecule has 1 N–H and O–H groups in total. The van der Waals surface area contributed by atoms with Crippen LogP contribution >= 0.6 is 11.3 Å². The van der Waals surface area contributed by atoms with Gasteiger partial charge in [0, 0.05) is 15.3 Å². The van der Waals surface area contributed by atoms with Crippen molar-refractivity contribution in [2.24, 2.45) is 0 Å². The molecular weight excluding hydrogens is 238 g/mol. The second-order valence-electron chi connectivity index (χ2n) is 3.57. The molecule has 0 aromatic carbocycles. The van der Waals surface area contributed by atoms with Crippen LogP contribution < -0.4 is 0 Å². The van der Waals surface area contributed by atoms with Gasteiger partial charge >= 0.3 is 5.97 Å². The van der Waals surface area contributed by atoms with Crippen LogP contribution in [0.4, 0.5) is 0 Å². The highest BCUT2D eigenvalue weighted by atomic mass is 32.1. The molecule has 2 heterocycles. The second kappa shape index (κ2) is 4.67. The van der Waals surface area contributed by atoms with Crippen molar-refractivity contribution in [1.29, 1.82) is 0 Å². The lowest BCUT2D eigenvalue weighted by molar-refractivity contribution is 0.0520. The van der Waals surface area contributed by atoms with E-state index in [9.17, 15) is 4.79 Å². The van der Waals surface area contributed by atoms with Crippen LogP contribution in [0.1, 0.15) is 27.2 Å². The Morgan fingerprint density at radius 1 is 1.47 bits per heavy atom. The molecule has 0 radical (unpaired) electrons. The number of carbonyl (C=O) groups is 1. The van der Waals surface area contributed by atoms with Gasteiger partial charge in [-0.15, -0.1) is 16.4 Å². The number of thiophene rings is 1. The molecule has 90 valence electrons. The van der Waals surface area contributed by atoms with Crippen molar-refractivity contribution in [3.63, 3.8) is 0 Å². The van der Waals surface area contributed by atoms with Crippen molar-refractivity contribution in [3.8, 4) is 11.3 Å². The maximum atomic E-state index is 11.7. The smallest absolute Gasteiger partial charge is 0.361 e. The summed E-state index contributed by atoms with van der Waals surface area (Å²) in [4.78, 5) is 14.0. The first-order valence-corrected chi connectivity index (χ1v) is 6.10. The maximum Gasteiger partial charge on any atom is 0.361 e. The Morgan fingerprint density at radius 2 is 2.24 bits per heavy atom. The lowest BCUT2D eigenvalue weighted by atomic mass is 10.1. The zero-order chi connectivity index (χ0) is 12.4. The number of aromatic nitrogens is 3. The zero-order valence-corrected chi connectivity index (χ0v) is 10.7. The highest BCUT2D eigenvalue weighted by Crippen LogP contribution is 2.30. The van der Waals surface area contributed by atoms with Crippen LogP contribution in [0, 0.1) is 13.8 Å². The summed E-state index contributed by atoms with van der Waals surface area (Å²) in [5.41, 5.74) is 1.74. The summed E-state index contributed by atoms with van der Waals surface area (Å²) in [7, 11) is 0. The van der Waals surface area contributed by atoms with Crippen LogP contribution in [-0.2, 0) is 4.74 Å². The van der Waals surface area contributed by atoms with Gasteiger partial charge in [-0.3, -0.25) is 0 Å². The molecule has 0 bridgehead atoms. The lowest BCUT2D eigenvalue weighted by Crippen LogP contribution is -2.06. The van der Waals surface area contributed by atoms with Crippen LogP contribution in [0.5, 0.6) is 0 Å². The average Bonchev–Trinajstić information content (AvgIpc) is 2.84. The first-order valence-electron chi connectivity index (χ1n) is 5.28. The van der Waals surface area contributed by atoms with Crippen LogP contribution in [0.3, 0.4) is 0 Å². The monoisotopic (exact) mass is 251 g/mol. The minimum Gasteiger partial charge on any atom is -0.461 e. The van der Waals surface area contributed by atoms with E-state index in [0.29, 0.717) is 12.3 Å². The number of hydrogen-bond donors (Lipinski definition) is 1. The first kappa shape index (κ1) is 11.8. The Hall–Kier alpha value is -1.69. The molecule has 0 saturated heterocycles. The molecule has 0 aliphatic heterocycles. The molecule has 0 fully saturated rings. The zero-order valence-electron chi connectivity index (χ0n) is 9.90. The normalized spacial score (nSPS) is 10.5. The topological polar surface area (TPSA) is 67.9 Å². The van der Waals surface area contributed by atoms with Gasteiger partial charge < -0.3 is 4.74 Å². The van der Waals surface area contributed by atoms with E-state index in [4.69, 9.17) is 4.74 Å². The first-order chi connectivity index (χ1) is 8.13. The minimum absolute atomic E-state index is 0.243. The number of carbonyl (C=O) groups excluding carboxylic acids is 1. The number of esters is 1. The number of hydrogen-bond acceptors (Lipinski definition) is 5. The highest BCUT2D eigenvalue weighted by molar-refractivity contribution is 7.12. The van der Waals surface area contributed by atoms with E-state index in [1.165, 1.54) is 4.88 Å². The molecule has 2 rings (SSSR count). The number of rotatable bonds is 3. The fourth-order valence-corrected chi connectivity index (χ4v) is 2.55. The number of nitrogens with one attached hydrogen (secondary N) is 1. The van der Waals surface area contributed by atoms with E-state index in [1.54, 1.807) is 18.3 Å². The van der Waals surface area contributed by atoms with Crippen molar-refractivity contribution >= 4 is 17.3 Å². The Balaban J connectivity index is 2.43. The van der Waals surface area contributed by atoms with E-state index in [-0.39, 0.29) is 5.69 Å². The van der Waals surface area contributed by atoms with E-state index < -0.39 is 5.97 Å². The van der Waals surface area contributed by atoms with Gasteiger partial charge in [-0.25, -0.2) is 4.79 Å². The van der Waals surface area contributed by atoms with Gasteiger partial charge in [-0.2, -0.15) is 10.3 Å². The fraction of sp³-hybridized carbons (Fsp3) is 0.364. The van der Waals surface area contributed by atoms with Crippen molar-refractivity contribution in [3.05, 3.63) is 21.5 Å². The number of nitrogens with zero attached hydrogens (tertiary/aromatic N) is 2. The predicted octanol–water partition coefficient (Wildman–Crippen LogP) is 2.33. The van der Waals surface area contributed by atoms with E-state index in [0.717, 1.165) is 10.4 Å². The van der Waals surface area contributed by atoms with E-state index >= 15 is 0 Å². The summed E-state index contributed by atoms with van der Waals surface area (Å²) in [5, 5.41) is 10.4. The summed E-state index contributed by atoms with van der Waals surface area (Å²) >= 11 is 1.67. The van der Waals surface area contributed by atoms with Crippen LogP contribution in [0.2, 0.25) is 0 Å². The average molecular weight is 251 g/mol. The van der Waals surface area contributed by atoms with Crippen molar-refractivity contribution in [2.75, 3.05) is 6.61 Å². The van der Waals surface area contributed by atoms with E-state index in [2.05, 4.69) is 15.4 Å². The molecule has 6 heteroatoms. The standard InChI is InChI=1S/C11H13N3O2S/c1-4-16-11(15)10-9(12-14-13-10)8-5-6(2)17-7(8)3/h5H,4H2,1-3H3,(H,12,13,14). The fourth-order valence-electron chi connectivity index (χ4n) is 1.63. The third-order valence-electron chi connectivity index (χ3n) is 2.31. The SMILES string of the molecule is CCOC(=O)c1n[nH]nc1-c1cc(C)sc1C. The van der Waals surface area contributed by atoms with Crippen molar-refractivity contribution in [2.45, 2.75) is 20.8 Å². The summed E-state index contributed by atoms with van der Waals surface area (Å²) < 4.78 is 4.94. The Kier molecular flexibility index (Phi) is 3.23. The van der Waals surface area contributed by atoms with Gasteiger partial charge in [-0.05, 0) is 26.8 Å². The van der Waals surface area contributed by atoms with Gasteiger partial charge in [0.25, 0.3) is 0 Å². The molecule has 0 aliphatic rings. The van der Waals surface area contributed by atoms with Crippen molar-refractivity contribution in [1.82, 2.24) is 15.4 Å². The lowest BCUT2D eigenvalue weighted by Gasteiger charge is -2.00. The molecule has 0 aliphatic carbocycles. The number of aryl methyl sites for hydroxylation is 2. The summed E-state index contributed by atoms with van der Waals surface area (Å²) in [6.45, 7) is 6.10. The van der Waals surface area contributed by atoms with Crippen molar-refractivity contribution < 1.29 is 9.53 Å². The number of ether oxygens (including phenoxy) is 1. The van der Waals surface area contributed by atoms with Gasteiger partial charge in [0.05, 0.1) is 6.61 Å². The third-order valence-corrected chi connectivity index (χ3v) is 3.28. The summed E-state index contributed by atoms with van der Waals surface area (Å²) in [5.74, 6) is -0.445. The van der Waals surface area contributed by atoms with Gasteiger partial charge in [0.1, 0.15) is 5.69 Å². The molecule has 17 heavy (non-hydrogen) atoms. The number of aromatic amines is 1. The molecule has 2 aromatic rings. The Morgan fingerprint density at radius 3 is 2.82 bits per heavy atom. The Bertz CT molecular complexity index is 545. The molecule has 2 aromatic heterocycles. The molecule has 0 atom stereocenters. The molecule has 0 amide bonds. The van der Waals surface area contributed by atoms with Gasteiger partial charge in [0.15, 0.2) is 5.69 Å². The van der Waals surface area contributed by atoms with Crippen LogP contribution in [-0.4, -0.2) is 28.0 Å². The van der Waals surface area contributed by atoms with Gasteiger partial charge in [-0.1, -0.05) is 0 Å².